The van der Waals surface area contributed by atoms with Crippen molar-refractivity contribution in [1.82, 2.24) is 10.3 Å². The number of nitrogens with one attached hydrogen (secondary N) is 1. The Morgan fingerprint density at radius 3 is 2.44 bits per heavy atom. The molecule has 0 saturated carbocycles. The molecular formula is C16H28N2. The van der Waals surface area contributed by atoms with Crippen LogP contribution < -0.4 is 5.32 Å². The predicted octanol–water partition coefficient (Wildman–Crippen LogP) is 4.12. The third-order valence-corrected chi connectivity index (χ3v) is 3.87. The Bertz CT molecular complexity index is 332. The number of hydrogen-bond donors (Lipinski definition) is 1. The first kappa shape index (κ1) is 15.2. The van der Waals surface area contributed by atoms with Gasteiger partial charge in [-0.15, -0.1) is 0 Å². The SMILES string of the molecule is CCNC(CC(CC)CC)c1ccncc1CC. The van der Waals surface area contributed by atoms with E-state index in [1.54, 1.807) is 0 Å². The van der Waals surface area contributed by atoms with E-state index in [9.17, 15) is 0 Å². The van der Waals surface area contributed by atoms with Crippen molar-refractivity contribution in [3.8, 4) is 0 Å². The first-order valence-electron chi connectivity index (χ1n) is 7.42. The van der Waals surface area contributed by atoms with E-state index in [4.69, 9.17) is 0 Å². The number of rotatable bonds is 8. The van der Waals surface area contributed by atoms with Crippen molar-refractivity contribution >= 4 is 0 Å². The number of hydrogen-bond acceptors (Lipinski definition) is 2. The molecule has 1 unspecified atom stereocenters. The zero-order valence-corrected chi connectivity index (χ0v) is 12.4. The predicted molar refractivity (Wildman–Crippen MR) is 78.7 cm³/mol. The van der Waals surface area contributed by atoms with Gasteiger partial charge in [-0.05, 0) is 42.5 Å². The molecule has 1 atom stereocenters. The molecule has 0 fully saturated rings. The minimum Gasteiger partial charge on any atom is -0.310 e. The Labute approximate surface area is 112 Å². The van der Waals surface area contributed by atoms with Gasteiger partial charge in [-0.3, -0.25) is 4.98 Å². The van der Waals surface area contributed by atoms with Crippen LogP contribution in [0, 0.1) is 5.92 Å². The standard InChI is InChI=1S/C16H28N2/c1-5-13(6-2)11-16(18-8-4)15-9-10-17-12-14(15)7-3/h9-10,12-13,16,18H,5-8,11H2,1-4H3. The van der Waals surface area contributed by atoms with Crippen LogP contribution in [0.2, 0.25) is 0 Å². The maximum atomic E-state index is 4.25. The first-order valence-corrected chi connectivity index (χ1v) is 7.42. The molecule has 0 amide bonds. The lowest BCUT2D eigenvalue weighted by Gasteiger charge is -2.24. The quantitative estimate of drug-likeness (QED) is 0.748. The summed E-state index contributed by atoms with van der Waals surface area (Å²) in [4.78, 5) is 4.25. The molecule has 1 heterocycles. The number of nitrogens with zero attached hydrogens (tertiary/aromatic N) is 1. The van der Waals surface area contributed by atoms with E-state index in [0.717, 1.165) is 18.9 Å². The molecule has 1 aromatic heterocycles. The topological polar surface area (TPSA) is 24.9 Å². The van der Waals surface area contributed by atoms with Gasteiger partial charge >= 0.3 is 0 Å². The lowest BCUT2D eigenvalue weighted by molar-refractivity contribution is 0.374. The second kappa shape index (κ2) is 8.25. The molecule has 0 aliphatic carbocycles. The molecule has 102 valence electrons. The van der Waals surface area contributed by atoms with Crippen LogP contribution in [-0.4, -0.2) is 11.5 Å². The largest absolute Gasteiger partial charge is 0.310 e. The van der Waals surface area contributed by atoms with E-state index < -0.39 is 0 Å². The molecule has 2 heteroatoms. The molecule has 0 aliphatic heterocycles. The minimum atomic E-state index is 0.484. The van der Waals surface area contributed by atoms with Crippen molar-refractivity contribution in [1.29, 1.82) is 0 Å². The lowest BCUT2D eigenvalue weighted by Crippen LogP contribution is -2.24. The summed E-state index contributed by atoms with van der Waals surface area (Å²) >= 11 is 0. The van der Waals surface area contributed by atoms with Gasteiger partial charge in [0.2, 0.25) is 0 Å². The third-order valence-electron chi connectivity index (χ3n) is 3.87. The van der Waals surface area contributed by atoms with Gasteiger partial charge in [-0.2, -0.15) is 0 Å². The highest BCUT2D eigenvalue weighted by molar-refractivity contribution is 5.26. The van der Waals surface area contributed by atoms with Gasteiger partial charge in [0.05, 0.1) is 0 Å². The van der Waals surface area contributed by atoms with Crippen LogP contribution in [0.4, 0.5) is 0 Å². The Balaban J connectivity index is 2.89. The Kier molecular flexibility index (Phi) is 6.96. The normalized spacial score (nSPS) is 12.9. The van der Waals surface area contributed by atoms with Crippen LogP contribution >= 0.6 is 0 Å². The highest BCUT2D eigenvalue weighted by atomic mass is 14.9. The molecule has 0 aliphatic rings. The molecule has 18 heavy (non-hydrogen) atoms. The van der Waals surface area contributed by atoms with Crippen molar-refractivity contribution < 1.29 is 0 Å². The van der Waals surface area contributed by atoms with E-state index >= 15 is 0 Å². The van der Waals surface area contributed by atoms with Crippen molar-refractivity contribution in [3.05, 3.63) is 29.6 Å². The molecule has 0 saturated heterocycles. The molecule has 0 radical (unpaired) electrons. The molecule has 0 spiro atoms. The van der Waals surface area contributed by atoms with Crippen LogP contribution in [0.5, 0.6) is 0 Å². The van der Waals surface area contributed by atoms with E-state index in [0.29, 0.717) is 6.04 Å². The molecule has 1 aromatic rings. The van der Waals surface area contributed by atoms with Gasteiger partial charge < -0.3 is 5.32 Å². The molecular weight excluding hydrogens is 220 g/mol. The lowest BCUT2D eigenvalue weighted by atomic mass is 9.89. The fourth-order valence-electron chi connectivity index (χ4n) is 2.60. The highest BCUT2D eigenvalue weighted by Gasteiger charge is 2.17. The van der Waals surface area contributed by atoms with Crippen molar-refractivity contribution in [2.75, 3.05) is 6.54 Å². The molecule has 1 N–H and O–H groups in total. The monoisotopic (exact) mass is 248 g/mol. The summed E-state index contributed by atoms with van der Waals surface area (Å²) in [5, 5.41) is 3.64. The second-order valence-corrected chi connectivity index (χ2v) is 4.96. The fourth-order valence-corrected chi connectivity index (χ4v) is 2.60. The van der Waals surface area contributed by atoms with Gasteiger partial charge in [0.1, 0.15) is 0 Å². The van der Waals surface area contributed by atoms with Crippen LogP contribution in [0.3, 0.4) is 0 Å². The summed E-state index contributed by atoms with van der Waals surface area (Å²) in [6.45, 7) is 10.0. The Morgan fingerprint density at radius 1 is 1.17 bits per heavy atom. The smallest absolute Gasteiger partial charge is 0.0326 e. The van der Waals surface area contributed by atoms with Gasteiger partial charge in [-0.25, -0.2) is 0 Å². The number of pyridine rings is 1. The van der Waals surface area contributed by atoms with Gasteiger partial charge in [0.25, 0.3) is 0 Å². The average molecular weight is 248 g/mol. The van der Waals surface area contributed by atoms with Crippen molar-refractivity contribution in [2.45, 2.75) is 59.4 Å². The molecule has 0 aromatic carbocycles. The zero-order chi connectivity index (χ0) is 13.4. The zero-order valence-electron chi connectivity index (χ0n) is 12.4. The number of aromatic nitrogens is 1. The summed E-state index contributed by atoms with van der Waals surface area (Å²) in [5.41, 5.74) is 2.83. The van der Waals surface area contributed by atoms with Gasteiger partial charge in [0.15, 0.2) is 0 Å². The molecule has 2 nitrogen and oxygen atoms in total. The van der Waals surface area contributed by atoms with E-state index in [2.05, 4.69) is 44.1 Å². The van der Waals surface area contributed by atoms with E-state index in [1.165, 1.54) is 30.4 Å². The highest BCUT2D eigenvalue weighted by Crippen LogP contribution is 2.27. The third kappa shape index (κ3) is 4.09. The van der Waals surface area contributed by atoms with Crippen LogP contribution in [0.1, 0.15) is 64.1 Å². The maximum Gasteiger partial charge on any atom is 0.0326 e. The van der Waals surface area contributed by atoms with Crippen molar-refractivity contribution in [3.63, 3.8) is 0 Å². The molecule has 0 bridgehead atoms. The van der Waals surface area contributed by atoms with Crippen LogP contribution in [-0.2, 0) is 6.42 Å². The fraction of sp³-hybridized carbons (Fsp3) is 0.688. The first-order chi connectivity index (χ1) is 8.76. The Hall–Kier alpha value is -0.890. The van der Waals surface area contributed by atoms with Gasteiger partial charge in [0, 0.05) is 18.4 Å². The average Bonchev–Trinajstić information content (AvgIpc) is 2.43. The number of aryl methyl sites for hydroxylation is 1. The second-order valence-electron chi connectivity index (χ2n) is 4.96. The minimum absolute atomic E-state index is 0.484. The maximum absolute atomic E-state index is 4.25. The summed E-state index contributed by atoms with van der Waals surface area (Å²) in [6, 6.07) is 2.67. The van der Waals surface area contributed by atoms with Crippen LogP contribution in [0.25, 0.3) is 0 Å². The van der Waals surface area contributed by atoms with E-state index in [-0.39, 0.29) is 0 Å². The molecule has 1 rings (SSSR count). The summed E-state index contributed by atoms with van der Waals surface area (Å²) < 4.78 is 0. The van der Waals surface area contributed by atoms with Crippen molar-refractivity contribution in [2.24, 2.45) is 5.92 Å². The summed E-state index contributed by atoms with van der Waals surface area (Å²) in [6.07, 6.45) is 8.78. The van der Waals surface area contributed by atoms with Gasteiger partial charge in [-0.1, -0.05) is 40.5 Å². The van der Waals surface area contributed by atoms with E-state index in [1.807, 2.05) is 12.4 Å². The summed E-state index contributed by atoms with van der Waals surface area (Å²) in [7, 11) is 0. The Morgan fingerprint density at radius 2 is 1.89 bits per heavy atom. The summed E-state index contributed by atoms with van der Waals surface area (Å²) in [5.74, 6) is 0.812. The van der Waals surface area contributed by atoms with Crippen LogP contribution in [0.15, 0.2) is 18.5 Å².